The van der Waals surface area contributed by atoms with E-state index in [0.717, 1.165) is 12.1 Å². The lowest BCUT2D eigenvalue weighted by molar-refractivity contribution is 0.0954. The number of aromatic nitrogens is 2. The summed E-state index contributed by atoms with van der Waals surface area (Å²) in [7, 11) is 0. The number of amides is 1. The Morgan fingerprint density at radius 2 is 2.11 bits per heavy atom. The highest BCUT2D eigenvalue weighted by Gasteiger charge is 2.14. The molecule has 2 rings (SSSR count). The van der Waals surface area contributed by atoms with E-state index in [1.807, 2.05) is 0 Å². The number of halogens is 2. The number of nitrogens with zero attached hydrogens (tertiary/aromatic N) is 2. The predicted molar refractivity (Wildman–Crippen MR) is 61.1 cm³/mol. The maximum atomic E-state index is 13.0. The van der Waals surface area contributed by atoms with Crippen LogP contribution < -0.4 is 11.1 Å². The first-order valence-electron chi connectivity index (χ1n) is 5.36. The molecule has 0 fully saturated rings. The van der Waals surface area contributed by atoms with Crippen LogP contribution in [0, 0.1) is 11.6 Å². The lowest BCUT2D eigenvalue weighted by Crippen LogP contribution is -2.27. The summed E-state index contributed by atoms with van der Waals surface area (Å²) in [6.45, 7) is 0.219. The normalized spacial score (nSPS) is 10.4. The molecule has 0 aliphatic rings. The van der Waals surface area contributed by atoms with Gasteiger partial charge in [0.1, 0.15) is 0 Å². The average molecular weight is 268 g/mol. The van der Waals surface area contributed by atoms with Crippen LogP contribution in [0.15, 0.2) is 23.0 Å². The molecule has 100 valence electrons. The van der Waals surface area contributed by atoms with Crippen LogP contribution in [-0.4, -0.2) is 22.6 Å². The van der Waals surface area contributed by atoms with Gasteiger partial charge in [0, 0.05) is 24.7 Å². The number of nitrogens with two attached hydrogens (primary N) is 1. The standard InChI is InChI=1S/C11H10F2N4O2/c12-7-3-6(9(14)4-8(7)13)11(18)15-2-1-10-16-5-19-17-10/h3-5H,1-2,14H2,(H,15,18). The summed E-state index contributed by atoms with van der Waals surface area (Å²) in [5.74, 6) is -2.39. The molecule has 2 aromatic rings. The highest BCUT2D eigenvalue weighted by molar-refractivity contribution is 5.99. The van der Waals surface area contributed by atoms with Crippen LogP contribution in [0.25, 0.3) is 0 Å². The van der Waals surface area contributed by atoms with Crippen molar-refractivity contribution in [2.75, 3.05) is 12.3 Å². The topological polar surface area (TPSA) is 94.0 Å². The minimum Gasteiger partial charge on any atom is -0.398 e. The van der Waals surface area contributed by atoms with Gasteiger partial charge in [0.2, 0.25) is 6.39 Å². The molecular formula is C11H10F2N4O2. The molecule has 6 nitrogen and oxygen atoms in total. The Morgan fingerprint density at radius 3 is 2.79 bits per heavy atom. The predicted octanol–water partition coefficient (Wildman–Crippen LogP) is 0.903. The lowest BCUT2D eigenvalue weighted by atomic mass is 10.1. The molecule has 0 radical (unpaired) electrons. The number of nitrogen functional groups attached to an aromatic ring is 1. The number of benzene rings is 1. The zero-order valence-electron chi connectivity index (χ0n) is 9.69. The van der Waals surface area contributed by atoms with Crippen molar-refractivity contribution in [3.8, 4) is 0 Å². The highest BCUT2D eigenvalue weighted by Crippen LogP contribution is 2.16. The number of rotatable bonds is 4. The summed E-state index contributed by atoms with van der Waals surface area (Å²) < 4.78 is 30.4. The van der Waals surface area contributed by atoms with Crippen LogP contribution >= 0.6 is 0 Å². The molecule has 0 atom stereocenters. The van der Waals surface area contributed by atoms with Crippen LogP contribution in [0.4, 0.5) is 14.5 Å². The fraction of sp³-hybridized carbons (Fsp3) is 0.182. The smallest absolute Gasteiger partial charge is 0.253 e. The molecule has 0 saturated heterocycles. The second-order valence-electron chi connectivity index (χ2n) is 3.71. The fourth-order valence-electron chi connectivity index (χ4n) is 1.44. The Bertz CT molecular complexity index is 587. The Labute approximate surface area is 106 Å². The van der Waals surface area contributed by atoms with Gasteiger partial charge < -0.3 is 15.6 Å². The molecule has 1 aromatic carbocycles. The molecule has 1 aromatic heterocycles. The van der Waals surface area contributed by atoms with Gasteiger partial charge in [-0.3, -0.25) is 4.79 Å². The van der Waals surface area contributed by atoms with E-state index < -0.39 is 17.5 Å². The van der Waals surface area contributed by atoms with E-state index in [9.17, 15) is 13.6 Å². The molecule has 0 spiro atoms. The second kappa shape index (κ2) is 5.42. The van der Waals surface area contributed by atoms with Gasteiger partial charge in [-0.1, -0.05) is 5.16 Å². The molecule has 8 heteroatoms. The number of anilines is 1. The number of carbonyl (C=O) groups excluding carboxylic acids is 1. The lowest BCUT2D eigenvalue weighted by Gasteiger charge is -2.07. The Morgan fingerprint density at radius 1 is 1.37 bits per heavy atom. The van der Waals surface area contributed by atoms with Gasteiger partial charge in [0.15, 0.2) is 17.5 Å². The molecule has 0 aliphatic carbocycles. The van der Waals surface area contributed by atoms with E-state index >= 15 is 0 Å². The minimum absolute atomic E-state index is 0.119. The van der Waals surface area contributed by atoms with Crippen LogP contribution in [0.5, 0.6) is 0 Å². The molecule has 0 saturated carbocycles. The summed E-state index contributed by atoms with van der Waals surface area (Å²) in [6.07, 6.45) is 1.52. The highest BCUT2D eigenvalue weighted by atomic mass is 19.2. The van der Waals surface area contributed by atoms with Gasteiger partial charge in [-0.15, -0.1) is 0 Å². The first-order chi connectivity index (χ1) is 9.08. The molecule has 19 heavy (non-hydrogen) atoms. The summed E-state index contributed by atoms with van der Waals surface area (Å²) in [5, 5.41) is 6.05. The van der Waals surface area contributed by atoms with Crippen LogP contribution in [0.3, 0.4) is 0 Å². The average Bonchev–Trinajstić information content (AvgIpc) is 2.86. The van der Waals surface area contributed by atoms with E-state index in [1.54, 1.807) is 0 Å². The monoisotopic (exact) mass is 268 g/mol. The van der Waals surface area contributed by atoms with Crippen molar-refractivity contribution in [3.05, 3.63) is 41.5 Å². The van der Waals surface area contributed by atoms with Crippen molar-refractivity contribution in [2.24, 2.45) is 0 Å². The molecule has 0 bridgehead atoms. The molecule has 3 N–H and O–H groups in total. The summed E-state index contributed by atoms with van der Waals surface area (Å²) in [4.78, 5) is 15.5. The molecule has 0 aliphatic heterocycles. The van der Waals surface area contributed by atoms with Gasteiger partial charge in [-0.05, 0) is 6.07 Å². The summed E-state index contributed by atoms with van der Waals surface area (Å²) >= 11 is 0. The van der Waals surface area contributed by atoms with Crippen molar-refractivity contribution in [2.45, 2.75) is 6.42 Å². The van der Waals surface area contributed by atoms with Gasteiger partial charge in [0.25, 0.3) is 5.91 Å². The van der Waals surface area contributed by atoms with Crippen molar-refractivity contribution in [3.63, 3.8) is 0 Å². The SMILES string of the molecule is Nc1cc(F)c(F)cc1C(=O)NCCc1ncon1. The third-order valence-electron chi connectivity index (χ3n) is 2.38. The summed E-state index contributed by atoms with van der Waals surface area (Å²) in [5.41, 5.74) is 5.20. The third kappa shape index (κ3) is 3.03. The van der Waals surface area contributed by atoms with E-state index in [-0.39, 0.29) is 17.8 Å². The third-order valence-corrected chi connectivity index (χ3v) is 2.38. The van der Waals surface area contributed by atoms with Crippen molar-refractivity contribution < 1.29 is 18.1 Å². The molecule has 1 heterocycles. The maximum absolute atomic E-state index is 13.0. The quantitative estimate of drug-likeness (QED) is 0.803. The number of carbonyl (C=O) groups is 1. The van der Waals surface area contributed by atoms with Crippen molar-refractivity contribution >= 4 is 11.6 Å². The van der Waals surface area contributed by atoms with Crippen LogP contribution in [0.1, 0.15) is 16.2 Å². The van der Waals surface area contributed by atoms with Gasteiger partial charge in [-0.25, -0.2) is 8.78 Å². The van der Waals surface area contributed by atoms with E-state index in [4.69, 9.17) is 5.73 Å². The van der Waals surface area contributed by atoms with Crippen LogP contribution in [-0.2, 0) is 6.42 Å². The van der Waals surface area contributed by atoms with Crippen LogP contribution in [0.2, 0.25) is 0 Å². The maximum Gasteiger partial charge on any atom is 0.253 e. The van der Waals surface area contributed by atoms with Crippen molar-refractivity contribution in [1.29, 1.82) is 0 Å². The Kier molecular flexibility index (Phi) is 3.69. The minimum atomic E-state index is -1.13. The Hall–Kier alpha value is -2.51. The first-order valence-corrected chi connectivity index (χ1v) is 5.36. The first kappa shape index (κ1) is 12.9. The second-order valence-corrected chi connectivity index (χ2v) is 3.71. The molecular weight excluding hydrogens is 258 g/mol. The fourth-order valence-corrected chi connectivity index (χ4v) is 1.44. The number of nitrogens with one attached hydrogen (secondary N) is 1. The van der Waals surface area contributed by atoms with Gasteiger partial charge >= 0.3 is 0 Å². The molecule has 0 unspecified atom stereocenters. The Balaban J connectivity index is 1.98. The van der Waals surface area contributed by atoms with E-state index in [2.05, 4.69) is 20.0 Å². The van der Waals surface area contributed by atoms with Gasteiger partial charge in [-0.2, -0.15) is 4.98 Å². The zero-order chi connectivity index (χ0) is 13.8. The summed E-state index contributed by atoms with van der Waals surface area (Å²) in [6, 6.07) is 1.53. The largest absolute Gasteiger partial charge is 0.398 e. The number of hydrogen-bond donors (Lipinski definition) is 2. The van der Waals surface area contributed by atoms with E-state index in [0.29, 0.717) is 12.2 Å². The number of hydrogen-bond acceptors (Lipinski definition) is 5. The van der Waals surface area contributed by atoms with E-state index in [1.165, 1.54) is 6.39 Å². The van der Waals surface area contributed by atoms with Crippen molar-refractivity contribution in [1.82, 2.24) is 15.5 Å². The zero-order valence-corrected chi connectivity index (χ0v) is 9.69. The molecule has 1 amide bonds. The van der Waals surface area contributed by atoms with Gasteiger partial charge in [0.05, 0.1) is 5.56 Å².